The molecule has 1 atom stereocenters. The van der Waals surface area contributed by atoms with Gasteiger partial charge in [-0.2, -0.15) is 0 Å². The van der Waals surface area contributed by atoms with Gasteiger partial charge in [-0.05, 0) is 24.3 Å². The van der Waals surface area contributed by atoms with Gasteiger partial charge in [0.25, 0.3) is 0 Å². The molecule has 2 N–H and O–H groups in total. The van der Waals surface area contributed by atoms with Crippen molar-refractivity contribution in [2.24, 2.45) is 4.99 Å². The van der Waals surface area contributed by atoms with Gasteiger partial charge in [0.05, 0.1) is 15.7 Å². The molecule has 2 aromatic rings. The largest absolute Gasteiger partial charge is 0.505 e. The summed E-state index contributed by atoms with van der Waals surface area (Å²) < 4.78 is 0. The highest BCUT2D eigenvalue weighted by Gasteiger charge is 2.34. The summed E-state index contributed by atoms with van der Waals surface area (Å²) in [6, 6.07) is 11.9. The highest BCUT2D eigenvalue weighted by Crippen LogP contribution is 2.37. The maximum atomic E-state index is 12.5. The topological polar surface area (TPSA) is 82.0 Å². The number of amides is 2. The van der Waals surface area contributed by atoms with Gasteiger partial charge in [-0.15, -0.1) is 0 Å². The normalized spacial score (nSPS) is 18.6. The number of halogens is 2. The number of nitrogens with zero attached hydrogens (tertiary/aromatic N) is 2. The standard InChI is InChI=1S/C18H15Cl2N3O3S/c1-23-15(24)9-14(17(26)21-10-5-3-2-4-6-10)27-18(23)22-11-7-12(19)16(25)13(20)8-11/h2-8,14,25H,9H2,1H3,(H,21,26). The molecule has 1 fully saturated rings. The Balaban J connectivity index is 1.83. The number of rotatable bonds is 3. The molecule has 140 valence electrons. The fraction of sp³-hybridized carbons (Fsp3) is 0.167. The van der Waals surface area contributed by atoms with E-state index in [-0.39, 0.29) is 34.0 Å². The fourth-order valence-corrected chi connectivity index (χ4v) is 3.91. The smallest absolute Gasteiger partial charge is 0.238 e. The van der Waals surface area contributed by atoms with Crippen molar-refractivity contribution in [3.63, 3.8) is 0 Å². The lowest BCUT2D eigenvalue weighted by atomic mass is 10.2. The molecule has 3 rings (SSSR count). The summed E-state index contributed by atoms with van der Waals surface area (Å²) in [5.74, 6) is -0.734. The molecule has 1 saturated heterocycles. The maximum absolute atomic E-state index is 12.5. The molecule has 1 heterocycles. The number of phenols is 1. The predicted molar refractivity (Wildman–Crippen MR) is 109 cm³/mol. The van der Waals surface area contributed by atoms with E-state index >= 15 is 0 Å². The molecule has 0 aromatic heterocycles. The van der Waals surface area contributed by atoms with Crippen LogP contribution in [0.4, 0.5) is 11.4 Å². The lowest BCUT2D eigenvalue weighted by Gasteiger charge is -2.28. The Hall–Kier alpha value is -2.22. The number of nitrogens with one attached hydrogen (secondary N) is 1. The van der Waals surface area contributed by atoms with E-state index in [2.05, 4.69) is 10.3 Å². The van der Waals surface area contributed by atoms with Crippen molar-refractivity contribution in [2.45, 2.75) is 11.7 Å². The number of aliphatic imine (C=N–C) groups is 1. The molecule has 0 aliphatic carbocycles. The number of anilines is 1. The number of aromatic hydroxyl groups is 1. The first-order valence-corrected chi connectivity index (χ1v) is 9.54. The van der Waals surface area contributed by atoms with Crippen LogP contribution >= 0.6 is 35.0 Å². The third-order valence-corrected chi connectivity index (χ3v) is 5.65. The number of carbonyl (C=O) groups is 2. The van der Waals surface area contributed by atoms with E-state index in [9.17, 15) is 14.7 Å². The van der Waals surface area contributed by atoms with E-state index in [1.54, 1.807) is 19.2 Å². The van der Waals surface area contributed by atoms with Crippen LogP contribution in [0.3, 0.4) is 0 Å². The molecule has 0 bridgehead atoms. The van der Waals surface area contributed by atoms with Gasteiger partial charge in [0.1, 0.15) is 5.25 Å². The third kappa shape index (κ3) is 4.55. The SMILES string of the molecule is CN1C(=O)CC(C(=O)Nc2ccccc2)SC1=Nc1cc(Cl)c(O)c(Cl)c1. The monoisotopic (exact) mass is 423 g/mol. The number of benzene rings is 2. The molecule has 27 heavy (non-hydrogen) atoms. The summed E-state index contributed by atoms with van der Waals surface area (Å²) in [7, 11) is 1.59. The van der Waals surface area contributed by atoms with Crippen LogP contribution in [0, 0.1) is 0 Å². The van der Waals surface area contributed by atoms with Gasteiger partial charge in [-0.3, -0.25) is 14.5 Å². The van der Waals surface area contributed by atoms with Crippen molar-refractivity contribution in [2.75, 3.05) is 12.4 Å². The lowest BCUT2D eigenvalue weighted by molar-refractivity contribution is -0.128. The second-order valence-corrected chi connectivity index (χ2v) is 7.76. The zero-order valence-corrected chi connectivity index (χ0v) is 16.5. The van der Waals surface area contributed by atoms with Crippen LogP contribution in [-0.4, -0.2) is 39.3 Å². The third-order valence-electron chi connectivity index (χ3n) is 3.83. The van der Waals surface area contributed by atoms with Crippen LogP contribution in [0.25, 0.3) is 0 Å². The van der Waals surface area contributed by atoms with Crippen LogP contribution in [0.2, 0.25) is 10.0 Å². The zero-order valence-electron chi connectivity index (χ0n) is 14.1. The van der Waals surface area contributed by atoms with Crippen molar-refractivity contribution >= 4 is 63.3 Å². The highest BCUT2D eigenvalue weighted by molar-refractivity contribution is 8.15. The minimum absolute atomic E-state index is 0.0509. The minimum atomic E-state index is -0.615. The van der Waals surface area contributed by atoms with E-state index in [1.165, 1.54) is 28.8 Å². The molecule has 9 heteroatoms. The summed E-state index contributed by atoms with van der Waals surface area (Å²) in [5, 5.41) is 12.3. The summed E-state index contributed by atoms with van der Waals surface area (Å²) in [6.07, 6.45) is 0.0654. The number of phenolic OH excluding ortho intramolecular Hbond substituents is 1. The number of carbonyl (C=O) groups excluding carboxylic acids is 2. The molecule has 2 aromatic carbocycles. The minimum Gasteiger partial charge on any atom is -0.505 e. The molecule has 1 unspecified atom stereocenters. The van der Waals surface area contributed by atoms with E-state index in [1.807, 2.05) is 18.2 Å². The van der Waals surface area contributed by atoms with Gasteiger partial charge in [-0.25, -0.2) is 4.99 Å². The Labute approximate surface area is 170 Å². The number of hydrogen-bond acceptors (Lipinski definition) is 5. The summed E-state index contributed by atoms with van der Waals surface area (Å²) >= 11 is 13.0. The average molecular weight is 424 g/mol. The Morgan fingerprint density at radius 1 is 1.26 bits per heavy atom. The second-order valence-electron chi connectivity index (χ2n) is 5.77. The van der Waals surface area contributed by atoms with Gasteiger partial charge < -0.3 is 10.4 Å². The molecule has 2 amide bonds. The molecule has 6 nitrogen and oxygen atoms in total. The Morgan fingerprint density at radius 3 is 2.52 bits per heavy atom. The van der Waals surface area contributed by atoms with Crippen molar-refractivity contribution in [3.05, 3.63) is 52.5 Å². The Kier molecular flexibility index (Phi) is 5.94. The summed E-state index contributed by atoms with van der Waals surface area (Å²) in [5.41, 5.74) is 1.03. The first-order chi connectivity index (χ1) is 12.8. The predicted octanol–water partition coefficient (Wildman–Crippen LogP) is 4.29. The second kappa shape index (κ2) is 8.21. The van der Waals surface area contributed by atoms with E-state index < -0.39 is 5.25 Å². The Bertz CT molecular complexity index is 898. The van der Waals surface area contributed by atoms with Crippen LogP contribution in [0.1, 0.15) is 6.42 Å². The fourth-order valence-electron chi connectivity index (χ4n) is 2.37. The number of amidine groups is 1. The first-order valence-electron chi connectivity index (χ1n) is 7.91. The van der Waals surface area contributed by atoms with Crippen molar-refractivity contribution in [1.29, 1.82) is 0 Å². The van der Waals surface area contributed by atoms with Crippen LogP contribution in [0.15, 0.2) is 47.5 Å². The zero-order chi connectivity index (χ0) is 19.6. The van der Waals surface area contributed by atoms with E-state index in [4.69, 9.17) is 23.2 Å². The Morgan fingerprint density at radius 2 is 1.89 bits per heavy atom. The summed E-state index contributed by atoms with van der Waals surface area (Å²) in [4.78, 5) is 30.6. The van der Waals surface area contributed by atoms with Crippen molar-refractivity contribution < 1.29 is 14.7 Å². The van der Waals surface area contributed by atoms with Gasteiger partial charge in [0.15, 0.2) is 10.9 Å². The average Bonchev–Trinajstić information content (AvgIpc) is 2.64. The van der Waals surface area contributed by atoms with Gasteiger partial charge in [0.2, 0.25) is 11.8 Å². The number of thioether (sulfide) groups is 1. The number of para-hydroxylation sites is 1. The van der Waals surface area contributed by atoms with Gasteiger partial charge in [-0.1, -0.05) is 53.2 Å². The molecule has 1 aliphatic heterocycles. The van der Waals surface area contributed by atoms with Crippen LogP contribution in [-0.2, 0) is 9.59 Å². The van der Waals surface area contributed by atoms with Gasteiger partial charge >= 0.3 is 0 Å². The lowest BCUT2D eigenvalue weighted by Crippen LogP contribution is -2.43. The molecular formula is C18H15Cl2N3O3S. The molecular weight excluding hydrogens is 409 g/mol. The summed E-state index contributed by atoms with van der Waals surface area (Å²) in [6.45, 7) is 0. The first kappa shape index (κ1) is 19.5. The van der Waals surface area contributed by atoms with Crippen molar-refractivity contribution in [1.82, 2.24) is 4.90 Å². The number of hydrogen-bond donors (Lipinski definition) is 2. The molecule has 0 saturated carbocycles. The molecule has 0 spiro atoms. The van der Waals surface area contributed by atoms with E-state index in [0.717, 1.165) is 0 Å². The quantitative estimate of drug-likeness (QED) is 0.770. The maximum Gasteiger partial charge on any atom is 0.238 e. The molecule has 1 aliphatic rings. The van der Waals surface area contributed by atoms with Crippen LogP contribution < -0.4 is 5.32 Å². The van der Waals surface area contributed by atoms with E-state index in [0.29, 0.717) is 16.5 Å². The van der Waals surface area contributed by atoms with Gasteiger partial charge in [0, 0.05) is 19.2 Å². The van der Waals surface area contributed by atoms with Crippen molar-refractivity contribution in [3.8, 4) is 5.75 Å². The van der Waals surface area contributed by atoms with Crippen LogP contribution in [0.5, 0.6) is 5.75 Å². The molecule has 0 radical (unpaired) electrons. The highest BCUT2D eigenvalue weighted by atomic mass is 35.5.